The van der Waals surface area contributed by atoms with Crippen LogP contribution in [-0.4, -0.2) is 35.1 Å². The summed E-state index contributed by atoms with van der Waals surface area (Å²) in [6, 6.07) is 0.715. The number of nitrogens with zero attached hydrogens (tertiary/aromatic N) is 1. The van der Waals surface area contributed by atoms with Gasteiger partial charge < -0.3 is 5.32 Å². The van der Waals surface area contributed by atoms with Gasteiger partial charge in [-0.25, -0.2) is 0 Å². The van der Waals surface area contributed by atoms with E-state index in [1.807, 2.05) is 0 Å². The Morgan fingerprint density at radius 1 is 1.12 bits per heavy atom. The highest BCUT2D eigenvalue weighted by Gasteiger charge is 2.52. The summed E-state index contributed by atoms with van der Waals surface area (Å²) < 4.78 is 0. The molecular formula is C14H28N2. The smallest absolute Gasteiger partial charge is 0.0338 e. The summed E-state index contributed by atoms with van der Waals surface area (Å²) in [7, 11) is 0. The van der Waals surface area contributed by atoms with Crippen molar-refractivity contribution in [3.05, 3.63) is 0 Å². The predicted octanol–water partition coefficient (Wildman–Crippen LogP) is 2.64. The highest BCUT2D eigenvalue weighted by atomic mass is 15.3. The van der Waals surface area contributed by atoms with Gasteiger partial charge in [-0.05, 0) is 39.0 Å². The van der Waals surface area contributed by atoms with E-state index in [0.29, 0.717) is 22.5 Å². The van der Waals surface area contributed by atoms with E-state index in [0.717, 1.165) is 0 Å². The van der Waals surface area contributed by atoms with Gasteiger partial charge in [0.15, 0.2) is 0 Å². The zero-order valence-corrected chi connectivity index (χ0v) is 11.9. The van der Waals surface area contributed by atoms with Crippen LogP contribution in [0.25, 0.3) is 0 Å². The lowest BCUT2D eigenvalue weighted by Gasteiger charge is -2.53. The second-order valence-corrected chi connectivity index (χ2v) is 7.89. The third-order valence-electron chi connectivity index (χ3n) is 4.42. The Labute approximate surface area is 101 Å². The summed E-state index contributed by atoms with van der Waals surface area (Å²) in [5, 5.41) is 3.86. The zero-order valence-electron chi connectivity index (χ0n) is 11.9. The molecule has 0 aromatic heterocycles. The minimum Gasteiger partial charge on any atom is -0.307 e. The van der Waals surface area contributed by atoms with Crippen molar-refractivity contribution in [3.63, 3.8) is 0 Å². The Balaban J connectivity index is 1.92. The summed E-state index contributed by atoms with van der Waals surface area (Å²) in [6.07, 6.45) is 2.69. The number of rotatable bonds is 0. The van der Waals surface area contributed by atoms with Crippen LogP contribution in [0.4, 0.5) is 0 Å². The average Bonchev–Trinajstić information content (AvgIpc) is 2.41. The highest BCUT2D eigenvalue weighted by molar-refractivity contribution is 5.12. The van der Waals surface area contributed by atoms with Crippen LogP contribution in [-0.2, 0) is 0 Å². The Morgan fingerprint density at radius 2 is 1.69 bits per heavy atom. The van der Waals surface area contributed by atoms with Gasteiger partial charge in [0.1, 0.15) is 0 Å². The number of nitrogens with one attached hydrogen (secondary N) is 1. The van der Waals surface area contributed by atoms with Crippen LogP contribution in [0.15, 0.2) is 0 Å². The molecule has 94 valence electrons. The first kappa shape index (κ1) is 12.4. The summed E-state index contributed by atoms with van der Waals surface area (Å²) in [6.45, 7) is 16.5. The molecule has 0 saturated carbocycles. The monoisotopic (exact) mass is 224 g/mol. The second-order valence-electron chi connectivity index (χ2n) is 7.89. The molecule has 2 atom stereocenters. The third-order valence-corrected chi connectivity index (χ3v) is 4.42. The molecule has 0 bridgehead atoms. The normalized spacial score (nSPS) is 36.8. The molecular weight excluding hydrogens is 196 g/mol. The van der Waals surface area contributed by atoms with Crippen molar-refractivity contribution >= 4 is 0 Å². The van der Waals surface area contributed by atoms with Crippen LogP contribution in [0.3, 0.4) is 0 Å². The van der Waals surface area contributed by atoms with E-state index < -0.39 is 0 Å². The first-order chi connectivity index (χ1) is 7.12. The number of hydrogen-bond donors (Lipinski definition) is 1. The van der Waals surface area contributed by atoms with Crippen LogP contribution in [0.5, 0.6) is 0 Å². The van der Waals surface area contributed by atoms with Crippen molar-refractivity contribution in [3.8, 4) is 0 Å². The molecule has 0 amide bonds. The number of hydrogen-bond acceptors (Lipinski definition) is 2. The largest absolute Gasteiger partial charge is 0.307 e. The van der Waals surface area contributed by atoms with E-state index in [1.54, 1.807) is 0 Å². The zero-order chi connectivity index (χ0) is 12.2. The molecule has 0 radical (unpaired) electrons. The van der Waals surface area contributed by atoms with Crippen LogP contribution in [0.2, 0.25) is 0 Å². The Kier molecular flexibility index (Phi) is 2.67. The molecule has 1 spiro atoms. The standard InChI is InChI=1S/C14H28N2/c1-12(2,3)11-9-14(15-11)7-8-16(10-14)13(4,5)6/h11,15H,7-10H2,1-6H3. The Morgan fingerprint density at radius 3 is 2.06 bits per heavy atom. The van der Waals surface area contributed by atoms with Gasteiger partial charge in [0.25, 0.3) is 0 Å². The van der Waals surface area contributed by atoms with Crippen LogP contribution < -0.4 is 5.32 Å². The predicted molar refractivity (Wildman–Crippen MR) is 69.7 cm³/mol. The van der Waals surface area contributed by atoms with Crippen molar-refractivity contribution < 1.29 is 0 Å². The van der Waals surface area contributed by atoms with Crippen molar-refractivity contribution in [2.24, 2.45) is 5.41 Å². The third kappa shape index (κ3) is 2.14. The van der Waals surface area contributed by atoms with Gasteiger partial charge in [-0.2, -0.15) is 0 Å². The molecule has 2 fully saturated rings. The fraction of sp³-hybridized carbons (Fsp3) is 1.00. The summed E-state index contributed by atoms with van der Waals surface area (Å²) in [5.74, 6) is 0. The molecule has 2 unspecified atom stereocenters. The summed E-state index contributed by atoms with van der Waals surface area (Å²) >= 11 is 0. The van der Waals surface area contributed by atoms with Gasteiger partial charge in [0, 0.05) is 30.2 Å². The van der Waals surface area contributed by atoms with E-state index in [2.05, 4.69) is 51.8 Å². The van der Waals surface area contributed by atoms with Gasteiger partial charge in [0.05, 0.1) is 0 Å². The van der Waals surface area contributed by atoms with Crippen molar-refractivity contribution in [2.45, 2.75) is 71.5 Å². The van der Waals surface area contributed by atoms with Gasteiger partial charge in [0.2, 0.25) is 0 Å². The van der Waals surface area contributed by atoms with Gasteiger partial charge in [-0.15, -0.1) is 0 Å². The first-order valence-corrected chi connectivity index (χ1v) is 6.65. The maximum atomic E-state index is 3.86. The van der Waals surface area contributed by atoms with E-state index in [-0.39, 0.29) is 0 Å². The molecule has 2 aliphatic heterocycles. The van der Waals surface area contributed by atoms with Crippen LogP contribution in [0.1, 0.15) is 54.4 Å². The maximum Gasteiger partial charge on any atom is 0.0338 e. The van der Waals surface area contributed by atoms with Crippen molar-refractivity contribution in [2.75, 3.05) is 13.1 Å². The van der Waals surface area contributed by atoms with Crippen LogP contribution in [0, 0.1) is 5.41 Å². The molecule has 2 nitrogen and oxygen atoms in total. The molecule has 0 aromatic rings. The van der Waals surface area contributed by atoms with Crippen LogP contribution >= 0.6 is 0 Å². The Bertz CT molecular complexity index is 263. The fourth-order valence-corrected chi connectivity index (χ4v) is 2.99. The molecule has 0 aromatic carbocycles. The lowest BCUT2D eigenvalue weighted by Crippen LogP contribution is -2.68. The van der Waals surface area contributed by atoms with Crippen molar-refractivity contribution in [1.82, 2.24) is 10.2 Å². The molecule has 2 heterocycles. The molecule has 16 heavy (non-hydrogen) atoms. The summed E-state index contributed by atoms with van der Waals surface area (Å²) in [4.78, 5) is 2.62. The Hall–Kier alpha value is -0.0800. The quantitative estimate of drug-likeness (QED) is 0.680. The van der Waals surface area contributed by atoms with Gasteiger partial charge >= 0.3 is 0 Å². The highest BCUT2D eigenvalue weighted by Crippen LogP contribution is 2.42. The number of likely N-dealkylation sites (tertiary alicyclic amines) is 1. The van der Waals surface area contributed by atoms with Gasteiger partial charge in [-0.1, -0.05) is 20.8 Å². The van der Waals surface area contributed by atoms with Gasteiger partial charge in [-0.3, -0.25) is 4.90 Å². The topological polar surface area (TPSA) is 15.3 Å². The maximum absolute atomic E-state index is 3.86. The first-order valence-electron chi connectivity index (χ1n) is 6.65. The molecule has 2 saturated heterocycles. The molecule has 2 aliphatic rings. The average molecular weight is 224 g/mol. The van der Waals surface area contributed by atoms with E-state index >= 15 is 0 Å². The van der Waals surface area contributed by atoms with Crippen molar-refractivity contribution in [1.29, 1.82) is 0 Å². The minimum absolute atomic E-state index is 0.331. The molecule has 1 N–H and O–H groups in total. The summed E-state index contributed by atoms with van der Waals surface area (Å²) in [5.41, 5.74) is 1.20. The lowest BCUT2D eigenvalue weighted by atomic mass is 9.70. The van der Waals surface area contributed by atoms with E-state index in [4.69, 9.17) is 0 Å². The molecule has 2 heteroatoms. The second kappa shape index (κ2) is 3.46. The molecule has 2 rings (SSSR count). The molecule has 0 aliphatic carbocycles. The lowest BCUT2D eigenvalue weighted by molar-refractivity contribution is 0.0527. The van der Waals surface area contributed by atoms with E-state index in [1.165, 1.54) is 25.9 Å². The minimum atomic E-state index is 0.331. The fourth-order valence-electron chi connectivity index (χ4n) is 2.99. The van der Waals surface area contributed by atoms with E-state index in [9.17, 15) is 0 Å². The SMILES string of the molecule is CC(C)(C)C1CC2(CCN(C(C)(C)C)C2)N1.